The summed E-state index contributed by atoms with van der Waals surface area (Å²) in [6.45, 7) is 0.708. The first-order chi connectivity index (χ1) is 10.2. The lowest BCUT2D eigenvalue weighted by Gasteiger charge is -2.04. The van der Waals surface area contributed by atoms with Gasteiger partial charge in [0, 0.05) is 24.7 Å². The molecule has 0 unspecified atom stereocenters. The van der Waals surface area contributed by atoms with Gasteiger partial charge >= 0.3 is 5.69 Å². The van der Waals surface area contributed by atoms with Gasteiger partial charge in [-0.15, -0.1) is 0 Å². The minimum atomic E-state index is -0.604. The number of nitrogen functional groups attached to an aromatic ring is 1. The van der Waals surface area contributed by atoms with Crippen molar-refractivity contribution >= 4 is 29.2 Å². The second kappa shape index (κ2) is 7.33. The molecule has 0 radical (unpaired) electrons. The molecule has 2 aromatic heterocycles. The van der Waals surface area contributed by atoms with Crippen molar-refractivity contribution in [3.05, 3.63) is 34.8 Å². The molecule has 0 saturated heterocycles. The largest absolute Gasteiger partial charge is 0.378 e. The molecule has 2 rings (SSSR count). The monoisotopic (exact) mass is 307 g/mol. The van der Waals surface area contributed by atoms with Crippen LogP contribution in [0.5, 0.6) is 0 Å². The lowest BCUT2D eigenvalue weighted by atomic mass is 10.5. The summed E-state index contributed by atoms with van der Waals surface area (Å²) in [5.74, 6) is 1.21. The number of hydrogen-bond donors (Lipinski definition) is 2. The van der Waals surface area contributed by atoms with Gasteiger partial charge in [-0.05, 0) is 12.5 Å². The molecule has 21 heavy (non-hydrogen) atoms. The second-order valence-corrected chi connectivity index (χ2v) is 4.94. The van der Waals surface area contributed by atoms with Crippen molar-refractivity contribution in [1.29, 1.82) is 0 Å². The molecule has 0 aliphatic carbocycles. The number of nitro groups is 1. The number of nitrogens with two attached hydrogens (primary N) is 1. The highest BCUT2D eigenvalue weighted by Crippen LogP contribution is 2.21. The van der Waals surface area contributed by atoms with Crippen LogP contribution in [0.15, 0.2) is 29.8 Å². The molecular formula is C11H13N7O2S. The highest BCUT2D eigenvalue weighted by atomic mass is 32.2. The number of hydrogen-bond acceptors (Lipinski definition) is 9. The van der Waals surface area contributed by atoms with Gasteiger partial charge < -0.3 is 11.1 Å². The minimum absolute atomic E-state index is 0.117. The number of nitrogens with one attached hydrogen (secondary N) is 1. The van der Waals surface area contributed by atoms with Crippen LogP contribution in [-0.4, -0.2) is 37.2 Å². The fraction of sp³-hybridized carbons (Fsp3) is 0.273. The van der Waals surface area contributed by atoms with E-state index in [2.05, 4.69) is 25.3 Å². The number of nitrogens with zero attached hydrogens (tertiary/aromatic N) is 5. The third kappa shape index (κ3) is 4.53. The first-order valence-corrected chi connectivity index (χ1v) is 7.06. The fourth-order valence-electron chi connectivity index (χ4n) is 1.41. The van der Waals surface area contributed by atoms with Crippen molar-refractivity contribution in [2.45, 2.75) is 11.6 Å². The summed E-state index contributed by atoms with van der Waals surface area (Å²) in [6.07, 6.45) is 5.29. The van der Waals surface area contributed by atoms with Crippen LogP contribution in [0.1, 0.15) is 6.42 Å². The Bertz CT molecular complexity index is 611. The summed E-state index contributed by atoms with van der Waals surface area (Å²) in [5, 5.41) is 14.1. The van der Waals surface area contributed by atoms with Gasteiger partial charge in [-0.1, -0.05) is 11.8 Å². The van der Waals surface area contributed by atoms with Gasteiger partial charge in [-0.25, -0.2) is 15.0 Å². The van der Waals surface area contributed by atoms with Crippen LogP contribution in [0.25, 0.3) is 0 Å². The van der Waals surface area contributed by atoms with Crippen LogP contribution >= 0.6 is 11.8 Å². The average Bonchev–Trinajstić information content (AvgIpc) is 2.47. The molecule has 0 saturated carbocycles. The third-order valence-electron chi connectivity index (χ3n) is 2.37. The Morgan fingerprint density at radius 2 is 2.10 bits per heavy atom. The van der Waals surface area contributed by atoms with Crippen molar-refractivity contribution in [1.82, 2.24) is 19.9 Å². The van der Waals surface area contributed by atoms with E-state index in [0.29, 0.717) is 17.6 Å². The van der Waals surface area contributed by atoms with E-state index in [1.807, 2.05) is 0 Å². The van der Waals surface area contributed by atoms with Crippen LogP contribution in [0, 0.1) is 10.1 Å². The maximum Gasteiger partial charge on any atom is 0.329 e. The van der Waals surface area contributed by atoms with Crippen molar-refractivity contribution in [3.8, 4) is 0 Å². The molecule has 0 aliphatic heterocycles. The van der Waals surface area contributed by atoms with Crippen molar-refractivity contribution < 1.29 is 4.92 Å². The molecule has 0 bridgehead atoms. The first-order valence-electron chi connectivity index (χ1n) is 6.07. The lowest BCUT2D eigenvalue weighted by molar-refractivity contribution is -0.384. The minimum Gasteiger partial charge on any atom is -0.378 e. The van der Waals surface area contributed by atoms with Gasteiger partial charge in [0.05, 0.1) is 4.92 Å². The molecular weight excluding hydrogens is 294 g/mol. The predicted molar refractivity (Wildman–Crippen MR) is 79.0 cm³/mol. The van der Waals surface area contributed by atoms with Crippen LogP contribution in [0.3, 0.4) is 0 Å². The Balaban J connectivity index is 1.74. The quantitative estimate of drug-likeness (QED) is 0.255. The van der Waals surface area contributed by atoms with Gasteiger partial charge in [0.15, 0.2) is 5.16 Å². The molecule has 0 aromatic carbocycles. The SMILES string of the molecule is Nc1nc(SCCCNc2ncccn2)ncc1[N+](=O)[O-]. The van der Waals surface area contributed by atoms with Crippen LogP contribution in [-0.2, 0) is 0 Å². The molecule has 0 fully saturated rings. The van der Waals surface area contributed by atoms with Gasteiger partial charge in [0.25, 0.3) is 0 Å². The molecule has 0 spiro atoms. The molecule has 0 aliphatic rings. The third-order valence-corrected chi connectivity index (χ3v) is 3.32. The first kappa shape index (κ1) is 14.9. The Kier molecular flexibility index (Phi) is 5.21. The summed E-state index contributed by atoms with van der Waals surface area (Å²) in [6, 6.07) is 1.75. The zero-order valence-electron chi connectivity index (χ0n) is 11.0. The van der Waals surface area contributed by atoms with Crippen LogP contribution in [0.4, 0.5) is 17.5 Å². The molecule has 110 valence electrons. The summed E-state index contributed by atoms with van der Waals surface area (Å²) in [7, 11) is 0. The lowest BCUT2D eigenvalue weighted by Crippen LogP contribution is -2.06. The van der Waals surface area contributed by atoms with Gasteiger partial charge in [-0.3, -0.25) is 10.1 Å². The predicted octanol–water partition coefficient (Wildman–Crippen LogP) is 1.35. The summed E-state index contributed by atoms with van der Waals surface area (Å²) < 4.78 is 0. The molecule has 2 heterocycles. The normalized spacial score (nSPS) is 10.3. The maximum absolute atomic E-state index is 10.6. The van der Waals surface area contributed by atoms with E-state index in [9.17, 15) is 10.1 Å². The fourth-order valence-corrected chi connectivity index (χ4v) is 2.17. The Morgan fingerprint density at radius 3 is 2.76 bits per heavy atom. The van der Waals surface area contributed by atoms with Crippen LogP contribution in [0.2, 0.25) is 0 Å². The smallest absolute Gasteiger partial charge is 0.329 e. The standard InChI is InChI=1S/C11H13N7O2S/c12-9-8(18(19)20)7-16-11(17-9)21-6-2-5-15-10-13-3-1-4-14-10/h1,3-4,7H,2,5-6H2,(H2,12,16,17)(H,13,14,15). The second-order valence-electron chi connectivity index (χ2n) is 3.88. The zero-order chi connectivity index (χ0) is 15.1. The Hall–Kier alpha value is -2.49. The van der Waals surface area contributed by atoms with E-state index in [0.717, 1.165) is 18.4 Å². The molecule has 0 amide bonds. The molecule has 3 N–H and O–H groups in total. The molecule has 2 aromatic rings. The molecule has 0 atom stereocenters. The van der Waals surface area contributed by atoms with Crippen molar-refractivity contribution in [2.24, 2.45) is 0 Å². The number of rotatable bonds is 7. The van der Waals surface area contributed by atoms with Gasteiger partial charge in [0.1, 0.15) is 6.20 Å². The number of thioether (sulfide) groups is 1. The molecule has 9 nitrogen and oxygen atoms in total. The van der Waals surface area contributed by atoms with E-state index >= 15 is 0 Å². The van der Waals surface area contributed by atoms with E-state index in [1.165, 1.54) is 11.8 Å². The van der Waals surface area contributed by atoms with E-state index in [-0.39, 0.29) is 11.5 Å². The topological polar surface area (TPSA) is 133 Å². The van der Waals surface area contributed by atoms with E-state index < -0.39 is 4.92 Å². The Morgan fingerprint density at radius 1 is 1.33 bits per heavy atom. The highest BCUT2D eigenvalue weighted by Gasteiger charge is 2.14. The highest BCUT2D eigenvalue weighted by molar-refractivity contribution is 7.99. The Labute approximate surface area is 124 Å². The maximum atomic E-state index is 10.6. The van der Waals surface area contributed by atoms with Crippen molar-refractivity contribution in [2.75, 3.05) is 23.3 Å². The summed E-state index contributed by atoms with van der Waals surface area (Å²) >= 11 is 1.38. The number of aromatic nitrogens is 4. The number of anilines is 2. The van der Waals surface area contributed by atoms with E-state index in [4.69, 9.17) is 5.73 Å². The van der Waals surface area contributed by atoms with Crippen molar-refractivity contribution in [3.63, 3.8) is 0 Å². The van der Waals surface area contributed by atoms with E-state index in [1.54, 1.807) is 18.5 Å². The zero-order valence-corrected chi connectivity index (χ0v) is 11.8. The van der Waals surface area contributed by atoms with Gasteiger partial charge in [-0.2, -0.15) is 4.98 Å². The summed E-state index contributed by atoms with van der Waals surface area (Å²) in [4.78, 5) is 25.9. The van der Waals surface area contributed by atoms with Gasteiger partial charge in [0.2, 0.25) is 11.8 Å². The average molecular weight is 307 g/mol. The van der Waals surface area contributed by atoms with Crippen LogP contribution < -0.4 is 11.1 Å². The summed E-state index contributed by atoms with van der Waals surface area (Å²) in [5.41, 5.74) is 5.22. The molecule has 10 heteroatoms.